The van der Waals surface area contributed by atoms with E-state index in [1.54, 1.807) is 11.8 Å². The second-order valence-corrected chi connectivity index (χ2v) is 4.91. The predicted octanol–water partition coefficient (Wildman–Crippen LogP) is 2.90. The average Bonchev–Trinajstić information content (AvgIpc) is 2.73. The Kier molecular flexibility index (Phi) is 4.04. The van der Waals surface area contributed by atoms with E-state index in [0.717, 1.165) is 27.7 Å². The Balaban J connectivity index is 1.94. The van der Waals surface area contributed by atoms with Crippen LogP contribution in [-0.4, -0.2) is 16.1 Å². The Morgan fingerprint density at radius 2 is 2.11 bits per heavy atom. The van der Waals surface area contributed by atoms with Crippen LogP contribution >= 0.6 is 11.8 Å². The molecule has 0 saturated carbocycles. The molecular formula is C13H13NO3S. The summed E-state index contributed by atoms with van der Waals surface area (Å²) in [6.45, 7) is 1.89. The van der Waals surface area contributed by atoms with Crippen LogP contribution in [0.15, 0.2) is 40.0 Å². The van der Waals surface area contributed by atoms with Gasteiger partial charge in [0.1, 0.15) is 5.76 Å². The number of aromatic nitrogens is 1. The maximum atomic E-state index is 10.5. The number of aryl methyl sites for hydroxylation is 1. The number of nitrogens with zero attached hydrogens (tertiary/aromatic N) is 1. The summed E-state index contributed by atoms with van der Waals surface area (Å²) in [4.78, 5) is 15.8. The molecule has 0 atom stereocenters. The molecule has 0 aliphatic rings. The van der Waals surface area contributed by atoms with Crippen molar-refractivity contribution in [3.05, 3.63) is 47.7 Å². The first-order valence-electron chi connectivity index (χ1n) is 5.47. The second kappa shape index (κ2) is 5.73. The van der Waals surface area contributed by atoms with E-state index in [4.69, 9.17) is 9.52 Å². The summed E-state index contributed by atoms with van der Waals surface area (Å²) >= 11 is 1.65. The third-order valence-electron chi connectivity index (χ3n) is 2.50. The highest BCUT2D eigenvalue weighted by molar-refractivity contribution is 7.98. The van der Waals surface area contributed by atoms with Gasteiger partial charge in [0.2, 0.25) is 0 Å². The first-order valence-corrected chi connectivity index (χ1v) is 6.46. The Morgan fingerprint density at radius 3 is 2.67 bits per heavy atom. The van der Waals surface area contributed by atoms with Gasteiger partial charge in [-0.2, -0.15) is 0 Å². The Bertz CT molecular complexity index is 533. The first-order chi connectivity index (χ1) is 8.65. The minimum atomic E-state index is -0.811. The van der Waals surface area contributed by atoms with Crippen LogP contribution in [0.1, 0.15) is 17.0 Å². The molecule has 0 saturated heterocycles. The minimum absolute atomic E-state index is 0.0628. The van der Waals surface area contributed by atoms with Crippen LogP contribution in [0, 0.1) is 6.92 Å². The molecule has 2 aromatic rings. The van der Waals surface area contributed by atoms with Gasteiger partial charge in [-0.05, 0) is 24.6 Å². The van der Waals surface area contributed by atoms with Crippen molar-refractivity contribution in [2.75, 3.05) is 0 Å². The van der Waals surface area contributed by atoms with Gasteiger partial charge < -0.3 is 9.52 Å². The van der Waals surface area contributed by atoms with Crippen LogP contribution < -0.4 is 0 Å². The predicted molar refractivity (Wildman–Crippen MR) is 68.6 cm³/mol. The lowest BCUT2D eigenvalue weighted by molar-refractivity contribution is -0.136. The molecule has 0 radical (unpaired) electrons. The van der Waals surface area contributed by atoms with Crippen molar-refractivity contribution in [3.8, 4) is 0 Å². The molecule has 1 aromatic carbocycles. The molecule has 0 aliphatic carbocycles. The monoisotopic (exact) mass is 263 g/mol. The van der Waals surface area contributed by atoms with E-state index in [2.05, 4.69) is 4.98 Å². The van der Waals surface area contributed by atoms with E-state index in [1.165, 1.54) is 6.39 Å². The number of benzene rings is 1. The third kappa shape index (κ3) is 3.37. The molecule has 18 heavy (non-hydrogen) atoms. The van der Waals surface area contributed by atoms with E-state index in [0.29, 0.717) is 0 Å². The van der Waals surface area contributed by atoms with Crippen LogP contribution in [0.4, 0.5) is 0 Å². The zero-order valence-electron chi connectivity index (χ0n) is 9.92. The number of hydrogen-bond acceptors (Lipinski definition) is 4. The van der Waals surface area contributed by atoms with Crippen LogP contribution in [-0.2, 0) is 17.0 Å². The summed E-state index contributed by atoms with van der Waals surface area (Å²) in [5.74, 6) is 0.777. The minimum Gasteiger partial charge on any atom is -0.481 e. The maximum Gasteiger partial charge on any atom is 0.307 e. The lowest BCUT2D eigenvalue weighted by Crippen LogP contribution is -1.99. The van der Waals surface area contributed by atoms with Gasteiger partial charge in [-0.15, -0.1) is 11.8 Å². The van der Waals surface area contributed by atoms with Gasteiger partial charge in [-0.3, -0.25) is 4.79 Å². The van der Waals surface area contributed by atoms with Crippen molar-refractivity contribution in [1.82, 2.24) is 4.98 Å². The highest BCUT2D eigenvalue weighted by Crippen LogP contribution is 2.23. The quantitative estimate of drug-likeness (QED) is 0.840. The molecule has 0 amide bonds. The largest absolute Gasteiger partial charge is 0.481 e. The van der Waals surface area contributed by atoms with E-state index in [1.807, 2.05) is 31.2 Å². The molecule has 94 valence electrons. The van der Waals surface area contributed by atoms with Crippen molar-refractivity contribution in [1.29, 1.82) is 0 Å². The molecule has 0 bridgehead atoms. The van der Waals surface area contributed by atoms with Gasteiger partial charge in [0.25, 0.3) is 0 Å². The van der Waals surface area contributed by atoms with Gasteiger partial charge in [0, 0.05) is 10.6 Å². The number of aliphatic carboxylic acids is 1. The molecule has 2 rings (SSSR count). The van der Waals surface area contributed by atoms with E-state index >= 15 is 0 Å². The highest BCUT2D eigenvalue weighted by atomic mass is 32.2. The fourth-order valence-electron chi connectivity index (χ4n) is 1.50. The molecule has 4 nitrogen and oxygen atoms in total. The second-order valence-electron chi connectivity index (χ2n) is 3.86. The molecule has 1 heterocycles. The first kappa shape index (κ1) is 12.7. The van der Waals surface area contributed by atoms with Gasteiger partial charge in [-0.1, -0.05) is 12.1 Å². The lowest BCUT2D eigenvalue weighted by Gasteiger charge is -2.02. The van der Waals surface area contributed by atoms with Gasteiger partial charge >= 0.3 is 5.97 Å². The average molecular weight is 263 g/mol. The van der Waals surface area contributed by atoms with Gasteiger partial charge in [0.05, 0.1) is 12.1 Å². The van der Waals surface area contributed by atoms with E-state index in [9.17, 15) is 4.79 Å². The topological polar surface area (TPSA) is 63.3 Å². The van der Waals surface area contributed by atoms with Crippen LogP contribution in [0.25, 0.3) is 0 Å². The molecule has 1 N–H and O–H groups in total. The summed E-state index contributed by atoms with van der Waals surface area (Å²) in [5, 5.41) is 8.67. The number of hydrogen-bond donors (Lipinski definition) is 1. The van der Waals surface area contributed by atoms with E-state index in [-0.39, 0.29) is 6.42 Å². The Labute approximate surface area is 109 Å². The number of carboxylic acids is 1. The van der Waals surface area contributed by atoms with Crippen LogP contribution in [0.2, 0.25) is 0 Å². The zero-order chi connectivity index (χ0) is 13.0. The molecule has 0 aliphatic heterocycles. The highest BCUT2D eigenvalue weighted by Gasteiger charge is 2.05. The Hall–Kier alpha value is -1.75. The summed E-state index contributed by atoms with van der Waals surface area (Å²) in [7, 11) is 0. The van der Waals surface area contributed by atoms with Crippen molar-refractivity contribution < 1.29 is 14.3 Å². The number of carbonyl (C=O) groups is 1. The normalized spacial score (nSPS) is 10.5. The van der Waals surface area contributed by atoms with Crippen LogP contribution in [0.5, 0.6) is 0 Å². The summed E-state index contributed by atoms with van der Waals surface area (Å²) in [5.41, 5.74) is 1.75. The maximum absolute atomic E-state index is 10.5. The number of carboxylic acid groups (broad SMARTS) is 1. The Morgan fingerprint density at radius 1 is 1.39 bits per heavy atom. The fraction of sp³-hybridized carbons (Fsp3) is 0.231. The smallest absolute Gasteiger partial charge is 0.307 e. The summed E-state index contributed by atoms with van der Waals surface area (Å²) in [6, 6.07) is 7.54. The number of thioether (sulfide) groups is 1. The lowest BCUT2D eigenvalue weighted by atomic mass is 10.2. The molecule has 0 fully saturated rings. The number of oxazole rings is 1. The molecule has 0 spiro atoms. The fourth-order valence-corrected chi connectivity index (χ4v) is 2.41. The van der Waals surface area contributed by atoms with E-state index < -0.39 is 5.97 Å². The van der Waals surface area contributed by atoms with Crippen molar-refractivity contribution in [2.24, 2.45) is 0 Å². The summed E-state index contributed by atoms with van der Waals surface area (Å²) in [6.07, 6.45) is 1.51. The zero-order valence-corrected chi connectivity index (χ0v) is 10.7. The van der Waals surface area contributed by atoms with Gasteiger partial charge in [-0.25, -0.2) is 4.98 Å². The van der Waals surface area contributed by atoms with Crippen molar-refractivity contribution >= 4 is 17.7 Å². The van der Waals surface area contributed by atoms with Gasteiger partial charge in [0.15, 0.2) is 6.39 Å². The molecule has 0 unspecified atom stereocenters. The summed E-state index contributed by atoms with van der Waals surface area (Å²) < 4.78 is 5.13. The third-order valence-corrected chi connectivity index (χ3v) is 3.52. The molecule has 5 heteroatoms. The molecule has 1 aromatic heterocycles. The van der Waals surface area contributed by atoms with Crippen molar-refractivity contribution in [3.63, 3.8) is 0 Å². The number of rotatable bonds is 5. The SMILES string of the molecule is Cc1ocnc1CSc1ccc(CC(=O)O)cc1. The molecular weight excluding hydrogens is 250 g/mol. The standard InChI is InChI=1S/C13H13NO3S/c1-9-12(14-8-17-9)7-18-11-4-2-10(3-5-11)6-13(15)16/h2-5,8H,6-7H2,1H3,(H,15,16). The van der Waals surface area contributed by atoms with Crippen molar-refractivity contribution in [2.45, 2.75) is 24.0 Å². The van der Waals surface area contributed by atoms with Crippen LogP contribution in [0.3, 0.4) is 0 Å².